The zero-order valence-corrected chi connectivity index (χ0v) is 16.5. The van der Waals surface area contributed by atoms with E-state index in [1.807, 2.05) is 13.8 Å². The summed E-state index contributed by atoms with van der Waals surface area (Å²) in [5, 5.41) is 42.5. The number of nitrogens with zero attached hydrogens (tertiary/aromatic N) is 1. The average molecular weight is 427 g/mol. The summed E-state index contributed by atoms with van der Waals surface area (Å²) < 4.78 is 40.8. The van der Waals surface area contributed by atoms with Gasteiger partial charge in [0.25, 0.3) is 11.8 Å². The number of rotatable bonds is 4. The van der Waals surface area contributed by atoms with E-state index in [9.17, 15) is 33.6 Å². The van der Waals surface area contributed by atoms with E-state index in [-0.39, 0.29) is 24.4 Å². The number of aliphatic hydroxyl groups is 4. The second kappa shape index (κ2) is 7.73. The maximum atomic E-state index is 12.3. The first-order valence-electron chi connectivity index (χ1n) is 9.44. The highest BCUT2D eigenvalue weighted by Gasteiger charge is 2.52. The zero-order valence-electron chi connectivity index (χ0n) is 16.5. The molecule has 0 spiro atoms. The number of halogens is 3. The van der Waals surface area contributed by atoms with Crippen molar-refractivity contribution in [1.29, 1.82) is 0 Å². The third-order valence-corrected chi connectivity index (χ3v) is 5.16. The molecule has 0 unspecified atom stereocenters. The van der Waals surface area contributed by atoms with Gasteiger partial charge in [-0.3, -0.25) is 4.90 Å². The van der Waals surface area contributed by atoms with Crippen molar-refractivity contribution in [2.24, 2.45) is 0 Å². The van der Waals surface area contributed by atoms with Crippen molar-refractivity contribution < 1.29 is 38.3 Å². The summed E-state index contributed by atoms with van der Waals surface area (Å²) in [6, 6.07) is 11.5. The molecule has 1 saturated heterocycles. The Morgan fingerprint density at radius 2 is 1.40 bits per heavy atom. The zero-order chi connectivity index (χ0) is 22.3. The fourth-order valence-corrected chi connectivity index (χ4v) is 3.80. The van der Waals surface area contributed by atoms with E-state index in [1.165, 1.54) is 12.1 Å². The molecule has 2 aromatic rings. The van der Waals surface area contributed by atoms with Crippen molar-refractivity contribution >= 4 is 5.69 Å². The molecule has 0 atom stereocenters. The largest absolute Gasteiger partial charge is 0.573 e. The summed E-state index contributed by atoms with van der Waals surface area (Å²) in [6.45, 7) is 3.99. The summed E-state index contributed by atoms with van der Waals surface area (Å²) in [6.07, 6.45) is -5.41. The van der Waals surface area contributed by atoms with Crippen molar-refractivity contribution in [2.75, 3.05) is 4.90 Å². The minimum absolute atomic E-state index is 0.210. The van der Waals surface area contributed by atoms with E-state index >= 15 is 0 Å². The first-order chi connectivity index (χ1) is 13.8. The predicted molar refractivity (Wildman–Crippen MR) is 102 cm³/mol. The Kier molecular flexibility index (Phi) is 5.76. The Balaban J connectivity index is 1.84. The highest BCUT2D eigenvalue weighted by atomic mass is 19.4. The van der Waals surface area contributed by atoms with Crippen LogP contribution in [0.15, 0.2) is 48.5 Å². The van der Waals surface area contributed by atoms with Gasteiger partial charge in [-0.05, 0) is 47.2 Å². The quantitative estimate of drug-likeness (QED) is 0.559. The van der Waals surface area contributed by atoms with Crippen LogP contribution in [-0.2, 0) is 0 Å². The first-order valence-corrected chi connectivity index (χ1v) is 9.44. The fourth-order valence-electron chi connectivity index (χ4n) is 3.80. The van der Waals surface area contributed by atoms with Crippen LogP contribution in [0.3, 0.4) is 0 Å². The van der Waals surface area contributed by atoms with Crippen LogP contribution in [0.4, 0.5) is 18.9 Å². The molecular weight excluding hydrogens is 403 g/mol. The van der Waals surface area contributed by atoms with E-state index in [0.29, 0.717) is 5.56 Å². The van der Waals surface area contributed by atoms with E-state index < -0.39 is 29.9 Å². The van der Waals surface area contributed by atoms with Crippen LogP contribution in [0.5, 0.6) is 5.75 Å². The molecule has 0 bridgehead atoms. The molecule has 0 amide bonds. The molecule has 0 aromatic heterocycles. The topological polar surface area (TPSA) is 93.4 Å². The molecule has 3 rings (SSSR count). The third-order valence-electron chi connectivity index (χ3n) is 5.16. The van der Waals surface area contributed by atoms with Crippen LogP contribution in [-0.4, -0.2) is 38.6 Å². The van der Waals surface area contributed by atoms with E-state index in [1.54, 1.807) is 24.3 Å². The molecular formula is C21H24F3NO5. The van der Waals surface area contributed by atoms with Crippen LogP contribution < -0.4 is 9.64 Å². The van der Waals surface area contributed by atoms with E-state index in [0.717, 1.165) is 22.6 Å². The molecule has 0 radical (unpaired) electrons. The van der Waals surface area contributed by atoms with Gasteiger partial charge in [-0.2, -0.15) is 0 Å². The number of benzene rings is 2. The van der Waals surface area contributed by atoms with Crippen LogP contribution in [0, 0.1) is 0 Å². The van der Waals surface area contributed by atoms with Crippen LogP contribution in [0.25, 0.3) is 0 Å². The average Bonchev–Trinajstić information content (AvgIpc) is 2.59. The molecule has 1 aliphatic rings. The van der Waals surface area contributed by atoms with Gasteiger partial charge in [0.1, 0.15) is 5.75 Å². The van der Waals surface area contributed by atoms with Gasteiger partial charge in [-0.1, -0.05) is 38.1 Å². The molecule has 9 heteroatoms. The second-order valence-corrected chi connectivity index (χ2v) is 7.85. The normalized spacial score (nSPS) is 19.2. The molecule has 30 heavy (non-hydrogen) atoms. The second-order valence-electron chi connectivity index (χ2n) is 7.85. The number of hydrogen-bond donors (Lipinski definition) is 4. The van der Waals surface area contributed by atoms with Crippen molar-refractivity contribution in [3.8, 4) is 5.75 Å². The minimum Gasteiger partial charge on any atom is -0.406 e. The summed E-state index contributed by atoms with van der Waals surface area (Å²) in [7, 11) is 0. The number of alkyl halides is 3. The Morgan fingerprint density at radius 1 is 0.900 bits per heavy atom. The summed E-state index contributed by atoms with van der Waals surface area (Å²) in [4.78, 5) is 0.724. The Morgan fingerprint density at radius 3 is 1.83 bits per heavy atom. The summed E-state index contributed by atoms with van der Waals surface area (Å²) >= 11 is 0. The van der Waals surface area contributed by atoms with Crippen molar-refractivity contribution in [2.45, 2.75) is 56.7 Å². The van der Waals surface area contributed by atoms with Gasteiger partial charge in [0.15, 0.2) is 0 Å². The van der Waals surface area contributed by atoms with Crippen molar-refractivity contribution in [3.63, 3.8) is 0 Å². The first kappa shape index (κ1) is 22.4. The lowest BCUT2D eigenvalue weighted by atomic mass is 9.84. The number of ether oxygens (including phenoxy) is 1. The minimum atomic E-state index is -4.82. The predicted octanol–water partition coefficient (Wildman–Crippen LogP) is 3.37. The molecule has 0 aliphatic carbocycles. The van der Waals surface area contributed by atoms with Gasteiger partial charge in [0.2, 0.25) is 0 Å². The van der Waals surface area contributed by atoms with Gasteiger partial charge in [0, 0.05) is 18.5 Å². The fraction of sp³-hybridized carbons (Fsp3) is 0.429. The molecule has 1 aliphatic heterocycles. The SMILES string of the molecule is CC(C)c1ccc(N2C(O)(O)CC(c3ccc(OC(F)(F)F)cc3)CC2(O)O)cc1. The van der Waals surface area contributed by atoms with E-state index in [4.69, 9.17) is 0 Å². The number of piperidine rings is 1. The monoisotopic (exact) mass is 427 g/mol. The van der Waals surface area contributed by atoms with Gasteiger partial charge in [-0.25, -0.2) is 0 Å². The standard InChI is InChI=1S/C21H24F3NO5/c1-13(2)14-3-7-17(8-4-14)25-19(26,27)11-16(12-20(25,28)29)15-5-9-18(10-6-15)30-21(22,23)24/h3-10,13,16,26-29H,11-12H2,1-2H3. The molecule has 0 saturated carbocycles. The molecule has 1 heterocycles. The highest BCUT2D eigenvalue weighted by Crippen LogP contribution is 2.44. The molecule has 1 fully saturated rings. The van der Waals surface area contributed by atoms with Gasteiger partial charge < -0.3 is 25.2 Å². The number of hydrogen-bond acceptors (Lipinski definition) is 6. The van der Waals surface area contributed by atoms with Gasteiger partial charge in [0.05, 0.1) is 0 Å². The Labute approximate surface area is 171 Å². The van der Waals surface area contributed by atoms with Gasteiger partial charge >= 0.3 is 6.36 Å². The van der Waals surface area contributed by atoms with Crippen LogP contribution >= 0.6 is 0 Å². The maximum Gasteiger partial charge on any atom is 0.573 e. The maximum absolute atomic E-state index is 12.3. The Hall–Kier alpha value is -2.33. The van der Waals surface area contributed by atoms with Gasteiger partial charge in [-0.15, -0.1) is 13.2 Å². The van der Waals surface area contributed by atoms with E-state index in [2.05, 4.69) is 4.74 Å². The van der Waals surface area contributed by atoms with Crippen LogP contribution in [0.2, 0.25) is 0 Å². The molecule has 164 valence electrons. The lowest BCUT2D eigenvalue weighted by Gasteiger charge is -2.50. The highest BCUT2D eigenvalue weighted by molar-refractivity contribution is 5.51. The van der Waals surface area contributed by atoms with Crippen LogP contribution in [0.1, 0.15) is 49.7 Å². The Bertz CT molecular complexity index is 846. The third kappa shape index (κ3) is 4.86. The van der Waals surface area contributed by atoms with Crippen molar-refractivity contribution in [3.05, 3.63) is 59.7 Å². The summed E-state index contributed by atoms with van der Waals surface area (Å²) in [5.74, 6) is -6.12. The number of anilines is 1. The lowest BCUT2D eigenvalue weighted by molar-refractivity contribution is -0.279. The smallest absolute Gasteiger partial charge is 0.406 e. The molecule has 6 nitrogen and oxygen atoms in total. The summed E-state index contributed by atoms with van der Waals surface area (Å²) in [5.41, 5.74) is 1.62. The van der Waals surface area contributed by atoms with Crippen molar-refractivity contribution in [1.82, 2.24) is 0 Å². The molecule has 4 N–H and O–H groups in total. The lowest BCUT2D eigenvalue weighted by Crippen LogP contribution is -2.66. The molecule has 2 aromatic carbocycles.